The average Bonchev–Trinajstić information content (AvgIpc) is 2.11. The number of hydrogen-bond acceptors (Lipinski definition) is 4. The highest BCUT2D eigenvalue weighted by Crippen LogP contribution is 1.93. The van der Waals surface area contributed by atoms with Gasteiger partial charge in [0.25, 0.3) is 5.91 Å². The van der Waals surface area contributed by atoms with E-state index in [0.717, 1.165) is 0 Å². The van der Waals surface area contributed by atoms with Gasteiger partial charge in [-0.05, 0) is 19.4 Å². The fourth-order valence-corrected chi connectivity index (χ4v) is 0.809. The normalized spacial score (nSPS) is 12.2. The summed E-state index contributed by atoms with van der Waals surface area (Å²) in [7, 11) is 0. The van der Waals surface area contributed by atoms with E-state index in [2.05, 4.69) is 5.32 Å². The summed E-state index contributed by atoms with van der Waals surface area (Å²) < 4.78 is 0. The summed E-state index contributed by atoms with van der Waals surface area (Å²) in [5.74, 6) is -0.703. The lowest BCUT2D eigenvalue weighted by molar-refractivity contribution is -0.132. The third kappa shape index (κ3) is 4.81. The van der Waals surface area contributed by atoms with E-state index < -0.39 is 5.91 Å². The third-order valence-corrected chi connectivity index (χ3v) is 1.43. The number of aldehydes is 1. The van der Waals surface area contributed by atoms with Crippen LogP contribution in [0.2, 0.25) is 0 Å². The fraction of sp³-hybridized carbons (Fsp3) is 0.714. The first-order chi connectivity index (χ1) is 5.74. The van der Waals surface area contributed by atoms with Crippen molar-refractivity contribution in [3.8, 4) is 0 Å². The highest BCUT2D eigenvalue weighted by Gasteiger charge is 2.08. The maximum absolute atomic E-state index is 10.5. The molecule has 5 nitrogen and oxygen atoms in total. The molecule has 1 atom stereocenters. The van der Waals surface area contributed by atoms with Crippen LogP contribution in [0.5, 0.6) is 0 Å². The molecule has 0 bridgehead atoms. The second kappa shape index (κ2) is 6.75. The summed E-state index contributed by atoms with van der Waals surface area (Å²) in [5, 5.41) is 11.1. The Morgan fingerprint density at radius 2 is 2.33 bits per heavy atom. The standard InChI is InChI=1S/C7H14N2O3/c8-3-1-2-6(4-10)9-7(12)5-11/h5-6,10H,1-4,8H2,(H,9,12). The van der Waals surface area contributed by atoms with Crippen molar-refractivity contribution in [1.82, 2.24) is 5.32 Å². The average molecular weight is 174 g/mol. The van der Waals surface area contributed by atoms with E-state index in [-0.39, 0.29) is 18.9 Å². The molecule has 0 aromatic rings. The van der Waals surface area contributed by atoms with Crippen LogP contribution in [0.4, 0.5) is 0 Å². The Bertz CT molecular complexity index is 150. The number of nitrogens with one attached hydrogen (secondary N) is 1. The first-order valence-electron chi connectivity index (χ1n) is 3.81. The maximum Gasteiger partial charge on any atom is 0.284 e. The third-order valence-electron chi connectivity index (χ3n) is 1.43. The topological polar surface area (TPSA) is 92.4 Å². The zero-order valence-corrected chi connectivity index (χ0v) is 6.82. The molecule has 1 amide bonds. The summed E-state index contributed by atoms with van der Waals surface area (Å²) >= 11 is 0. The van der Waals surface area contributed by atoms with Gasteiger partial charge in [-0.1, -0.05) is 0 Å². The molecule has 0 rings (SSSR count). The van der Waals surface area contributed by atoms with Gasteiger partial charge in [0.1, 0.15) is 0 Å². The van der Waals surface area contributed by atoms with Crippen molar-refractivity contribution in [2.24, 2.45) is 5.73 Å². The molecule has 12 heavy (non-hydrogen) atoms. The number of hydrogen-bond donors (Lipinski definition) is 3. The van der Waals surface area contributed by atoms with Gasteiger partial charge in [0.05, 0.1) is 12.6 Å². The molecule has 0 saturated heterocycles. The monoisotopic (exact) mass is 174 g/mol. The van der Waals surface area contributed by atoms with Crippen molar-refractivity contribution >= 4 is 12.2 Å². The van der Waals surface area contributed by atoms with Crippen LogP contribution in [-0.2, 0) is 9.59 Å². The minimum Gasteiger partial charge on any atom is -0.394 e. The van der Waals surface area contributed by atoms with Crippen molar-refractivity contribution in [3.63, 3.8) is 0 Å². The summed E-state index contributed by atoms with van der Waals surface area (Å²) in [4.78, 5) is 20.4. The van der Waals surface area contributed by atoms with Crippen LogP contribution in [0.3, 0.4) is 0 Å². The first-order valence-corrected chi connectivity index (χ1v) is 3.81. The van der Waals surface area contributed by atoms with Crippen molar-refractivity contribution in [3.05, 3.63) is 0 Å². The summed E-state index contributed by atoms with van der Waals surface area (Å²) in [6.07, 6.45) is 1.49. The van der Waals surface area contributed by atoms with Gasteiger partial charge in [-0.25, -0.2) is 0 Å². The summed E-state index contributed by atoms with van der Waals surface area (Å²) in [6.45, 7) is 0.340. The van der Waals surface area contributed by atoms with E-state index in [1.807, 2.05) is 0 Å². The summed E-state index contributed by atoms with van der Waals surface area (Å²) in [5.41, 5.74) is 5.23. The Morgan fingerprint density at radius 1 is 1.67 bits per heavy atom. The zero-order chi connectivity index (χ0) is 9.40. The lowest BCUT2D eigenvalue weighted by atomic mass is 10.1. The van der Waals surface area contributed by atoms with Crippen molar-refractivity contribution in [1.29, 1.82) is 0 Å². The Balaban J connectivity index is 3.66. The molecule has 0 radical (unpaired) electrons. The Morgan fingerprint density at radius 3 is 2.75 bits per heavy atom. The number of nitrogens with two attached hydrogens (primary N) is 1. The van der Waals surface area contributed by atoms with Crippen molar-refractivity contribution in [2.45, 2.75) is 18.9 Å². The quantitative estimate of drug-likeness (QED) is 0.334. The van der Waals surface area contributed by atoms with Gasteiger partial charge in [-0.3, -0.25) is 9.59 Å². The van der Waals surface area contributed by atoms with E-state index in [9.17, 15) is 9.59 Å². The van der Waals surface area contributed by atoms with E-state index in [0.29, 0.717) is 19.4 Å². The minimum atomic E-state index is -0.703. The van der Waals surface area contributed by atoms with Crippen LogP contribution < -0.4 is 11.1 Å². The van der Waals surface area contributed by atoms with Crippen LogP contribution in [0.1, 0.15) is 12.8 Å². The van der Waals surface area contributed by atoms with Gasteiger partial charge in [0.2, 0.25) is 6.29 Å². The number of aliphatic hydroxyl groups excluding tert-OH is 1. The first kappa shape index (κ1) is 11.1. The molecule has 4 N–H and O–H groups in total. The van der Waals surface area contributed by atoms with Crippen LogP contribution in [0, 0.1) is 0 Å². The Labute approximate surface area is 70.9 Å². The predicted molar refractivity (Wildman–Crippen MR) is 43.4 cm³/mol. The smallest absolute Gasteiger partial charge is 0.284 e. The Hall–Kier alpha value is -0.940. The fourth-order valence-electron chi connectivity index (χ4n) is 0.809. The van der Waals surface area contributed by atoms with E-state index in [1.165, 1.54) is 0 Å². The predicted octanol–water partition coefficient (Wildman–Crippen LogP) is -1.60. The van der Waals surface area contributed by atoms with E-state index in [4.69, 9.17) is 10.8 Å². The molecule has 0 saturated carbocycles. The van der Waals surface area contributed by atoms with Crippen molar-refractivity contribution < 1.29 is 14.7 Å². The van der Waals surface area contributed by atoms with Crippen LogP contribution in [0.25, 0.3) is 0 Å². The molecule has 0 fully saturated rings. The lowest BCUT2D eigenvalue weighted by Gasteiger charge is -2.13. The molecular formula is C7H14N2O3. The van der Waals surface area contributed by atoms with Crippen LogP contribution in [-0.4, -0.2) is 36.5 Å². The maximum atomic E-state index is 10.5. The van der Waals surface area contributed by atoms with Gasteiger partial charge in [-0.2, -0.15) is 0 Å². The van der Waals surface area contributed by atoms with Crippen LogP contribution >= 0.6 is 0 Å². The number of carbonyl (C=O) groups is 2. The summed E-state index contributed by atoms with van der Waals surface area (Å²) in [6, 6.07) is -0.355. The second-order valence-electron chi connectivity index (χ2n) is 2.44. The highest BCUT2D eigenvalue weighted by atomic mass is 16.3. The molecule has 1 unspecified atom stereocenters. The van der Waals surface area contributed by atoms with E-state index >= 15 is 0 Å². The Kier molecular flexibility index (Phi) is 6.22. The molecule has 5 heteroatoms. The van der Waals surface area contributed by atoms with Gasteiger partial charge in [0, 0.05) is 0 Å². The number of carbonyl (C=O) groups excluding carboxylic acids is 2. The molecule has 0 spiro atoms. The van der Waals surface area contributed by atoms with E-state index in [1.54, 1.807) is 0 Å². The van der Waals surface area contributed by atoms with Gasteiger partial charge < -0.3 is 16.2 Å². The van der Waals surface area contributed by atoms with Crippen LogP contribution in [0.15, 0.2) is 0 Å². The highest BCUT2D eigenvalue weighted by molar-refractivity contribution is 6.23. The largest absolute Gasteiger partial charge is 0.394 e. The lowest BCUT2D eigenvalue weighted by Crippen LogP contribution is -2.38. The molecule has 70 valence electrons. The zero-order valence-electron chi connectivity index (χ0n) is 6.82. The molecule has 0 aliphatic rings. The molecular weight excluding hydrogens is 160 g/mol. The van der Waals surface area contributed by atoms with Gasteiger partial charge in [0.15, 0.2) is 0 Å². The SMILES string of the molecule is NCCCC(CO)NC(=O)C=O. The number of amides is 1. The molecule has 0 aromatic carbocycles. The molecule has 0 aromatic heterocycles. The minimum absolute atomic E-state index is 0.167. The molecule has 0 aliphatic heterocycles. The van der Waals surface area contributed by atoms with Gasteiger partial charge in [-0.15, -0.1) is 0 Å². The second-order valence-corrected chi connectivity index (χ2v) is 2.44. The number of aliphatic hydroxyl groups is 1. The molecule has 0 aliphatic carbocycles. The van der Waals surface area contributed by atoms with Gasteiger partial charge >= 0.3 is 0 Å². The molecule has 0 heterocycles. The number of rotatable bonds is 6. The van der Waals surface area contributed by atoms with Crippen molar-refractivity contribution in [2.75, 3.05) is 13.2 Å².